The Bertz CT molecular complexity index is 946. The van der Waals surface area contributed by atoms with Gasteiger partial charge >= 0.3 is 0 Å². The Labute approximate surface area is 164 Å². The summed E-state index contributed by atoms with van der Waals surface area (Å²) in [6, 6.07) is 12.4. The zero-order valence-corrected chi connectivity index (χ0v) is 15.9. The number of imide groups is 1. The summed E-state index contributed by atoms with van der Waals surface area (Å²) in [5.74, 6) is -1.00. The Morgan fingerprint density at radius 1 is 0.893 bits per heavy atom. The van der Waals surface area contributed by atoms with Gasteiger partial charge in [0.25, 0.3) is 17.7 Å². The lowest BCUT2D eigenvalue weighted by molar-refractivity contribution is 0.0693. The third-order valence-corrected chi connectivity index (χ3v) is 5.45. The van der Waals surface area contributed by atoms with E-state index in [0.717, 1.165) is 42.2 Å². The molecular formula is C22H23N3O3. The highest BCUT2D eigenvalue weighted by molar-refractivity contribution is 6.22. The van der Waals surface area contributed by atoms with Gasteiger partial charge in [-0.1, -0.05) is 25.0 Å². The van der Waals surface area contributed by atoms with Crippen LogP contribution in [-0.4, -0.2) is 42.8 Å². The van der Waals surface area contributed by atoms with Crippen LogP contribution in [0, 0.1) is 0 Å². The van der Waals surface area contributed by atoms with Crippen molar-refractivity contribution in [1.82, 2.24) is 4.90 Å². The molecule has 0 saturated carbocycles. The van der Waals surface area contributed by atoms with E-state index < -0.39 is 0 Å². The van der Waals surface area contributed by atoms with Crippen molar-refractivity contribution in [2.24, 2.45) is 0 Å². The standard InChI is InChI=1S/C22H23N3O3/c1-24-21(27)16-11-10-15(14-17(16)22(24)28)20(26)23-18-8-4-5-9-19(18)25-12-6-2-3-7-13-25/h4-5,8-11,14H,2-3,6-7,12-13H2,1H3,(H,23,26). The van der Waals surface area contributed by atoms with Crippen LogP contribution < -0.4 is 10.2 Å². The van der Waals surface area contributed by atoms with E-state index in [2.05, 4.69) is 10.2 Å². The molecule has 2 aromatic rings. The lowest BCUT2D eigenvalue weighted by Crippen LogP contribution is -2.25. The Kier molecular flexibility index (Phi) is 4.86. The molecule has 0 aliphatic carbocycles. The molecule has 2 heterocycles. The first-order chi connectivity index (χ1) is 13.6. The zero-order valence-electron chi connectivity index (χ0n) is 15.9. The van der Waals surface area contributed by atoms with Gasteiger partial charge in [0.05, 0.1) is 22.5 Å². The van der Waals surface area contributed by atoms with Crippen LogP contribution in [-0.2, 0) is 0 Å². The summed E-state index contributed by atoms with van der Waals surface area (Å²) in [4.78, 5) is 40.5. The van der Waals surface area contributed by atoms with Gasteiger partial charge in [0.15, 0.2) is 0 Å². The topological polar surface area (TPSA) is 69.7 Å². The molecule has 1 saturated heterocycles. The van der Waals surface area contributed by atoms with Gasteiger partial charge in [-0.25, -0.2) is 0 Å². The van der Waals surface area contributed by atoms with E-state index >= 15 is 0 Å². The number of nitrogens with zero attached hydrogens (tertiary/aromatic N) is 2. The highest BCUT2D eigenvalue weighted by Crippen LogP contribution is 2.29. The van der Waals surface area contributed by atoms with Crippen molar-refractivity contribution in [3.63, 3.8) is 0 Å². The molecule has 28 heavy (non-hydrogen) atoms. The summed E-state index contributed by atoms with van der Waals surface area (Å²) >= 11 is 0. The smallest absolute Gasteiger partial charge is 0.261 e. The van der Waals surface area contributed by atoms with Gasteiger partial charge in [-0.2, -0.15) is 0 Å². The maximum atomic E-state index is 12.8. The molecule has 0 radical (unpaired) electrons. The molecule has 0 atom stereocenters. The molecule has 6 nitrogen and oxygen atoms in total. The number of hydrogen-bond acceptors (Lipinski definition) is 4. The van der Waals surface area contributed by atoms with E-state index in [1.165, 1.54) is 26.0 Å². The predicted octanol–water partition coefficient (Wildman–Crippen LogP) is 3.55. The van der Waals surface area contributed by atoms with Crippen molar-refractivity contribution >= 4 is 29.1 Å². The highest BCUT2D eigenvalue weighted by atomic mass is 16.2. The fourth-order valence-corrected chi connectivity index (χ4v) is 3.86. The normalized spacial score (nSPS) is 16.8. The maximum Gasteiger partial charge on any atom is 0.261 e. The van der Waals surface area contributed by atoms with E-state index in [4.69, 9.17) is 0 Å². The monoisotopic (exact) mass is 377 g/mol. The summed E-state index contributed by atoms with van der Waals surface area (Å²) in [5, 5.41) is 2.98. The van der Waals surface area contributed by atoms with E-state index in [0.29, 0.717) is 11.1 Å². The number of carbonyl (C=O) groups is 3. The number of para-hydroxylation sites is 2. The van der Waals surface area contributed by atoms with Crippen molar-refractivity contribution in [3.05, 3.63) is 59.2 Å². The van der Waals surface area contributed by atoms with E-state index in [1.54, 1.807) is 12.1 Å². The first kappa shape index (κ1) is 18.2. The van der Waals surface area contributed by atoms with Gasteiger partial charge in [0, 0.05) is 25.7 Å². The SMILES string of the molecule is CN1C(=O)c2ccc(C(=O)Nc3ccccc3N3CCCCCC3)cc2C1=O. The highest BCUT2D eigenvalue weighted by Gasteiger charge is 2.33. The lowest BCUT2D eigenvalue weighted by atomic mass is 10.1. The molecule has 1 fully saturated rings. The van der Waals surface area contributed by atoms with E-state index in [-0.39, 0.29) is 23.3 Å². The number of carbonyl (C=O) groups excluding carboxylic acids is 3. The second kappa shape index (κ2) is 7.46. The average Bonchev–Trinajstić information content (AvgIpc) is 2.92. The summed E-state index contributed by atoms with van der Waals surface area (Å²) in [6.45, 7) is 1.96. The van der Waals surface area contributed by atoms with Gasteiger partial charge in [-0.05, 0) is 43.2 Å². The van der Waals surface area contributed by atoms with E-state index in [1.807, 2.05) is 24.3 Å². The van der Waals surface area contributed by atoms with Crippen LogP contribution >= 0.6 is 0 Å². The number of hydrogen-bond donors (Lipinski definition) is 1. The first-order valence-corrected chi connectivity index (χ1v) is 9.68. The molecule has 2 aromatic carbocycles. The predicted molar refractivity (Wildman–Crippen MR) is 108 cm³/mol. The van der Waals surface area contributed by atoms with Crippen LogP contribution in [0.1, 0.15) is 56.8 Å². The molecule has 0 aromatic heterocycles. The lowest BCUT2D eigenvalue weighted by Gasteiger charge is -2.25. The Morgan fingerprint density at radius 2 is 1.57 bits per heavy atom. The van der Waals surface area contributed by atoms with Crippen LogP contribution in [0.15, 0.2) is 42.5 Å². The van der Waals surface area contributed by atoms with Crippen molar-refractivity contribution in [3.8, 4) is 0 Å². The molecule has 0 spiro atoms. The number of anilines is 2. The number of benzene rings is 2. The third kappa shape index (κ3) is 3.26. The summed E-state index contributed by atoms with van der Waals surface area (Å²) in [5.41, 5.74) is 2.76. The number of nitrogens with one attached hydrogen (secondary N) is 1. The van der Waals surface area contributed by atoms with Gasteiger partial charge < -0.3 is 10.2 Å². The van der Waals surface area contributed by atoms with Crippen LogP contribution in [0.5, 0.6) is 0 Å². The minimum atomic E-state index is -0.375. The quantitative estimate of drug-likeness (QED) is 0.831. The second-order valence-corrected chi connectivity index (χ2v) is 7.30. The van der Waals surface area contributed by atoms with Crippen molar-refractivity contribution in [2.45, 2.75) is 25.7 Å². The van der Waals surface area contributed by atoms with Crippen molar-refractivity contribution in [2.75, 3.05) is 30.4 Å². The molecule has 3 amide bonds. The number of fused-ring (bicyclic) bond motifs is 1. The van der Waals surface area contributed by atoms with Gasteiger partial charge in [-0.3, -0.25) is 19.3 Å². The van der Waals surface area contributed by atoms with Crippen molar-refractivity contribution in [1.29, 1.82) is 0 Å². The number of rotatable bonds is 3. The molecule has 1 N–H and O–H groups in total. The summed E-state index contributed by atoms with van der Waals surface area (Å²) < 4.78 is 0. The second-order valence-electron chi connectivity index (χ2n) is 7.30. The maximum absolute atomic E-state index is 12.8. The van der Waals surface area contributed by atoms with Gasteiger partial charge in [0.1, 0.15) is 0 Å². The molecule has 0 unspecified atom stereocenters. The minimum Gasteiger partial charge on any atom is -0.370 e. The first-order valence-electron chi connectivity index (χ1n) is 9.68. The van der Waals surface area contributed by atoms with Gasteiger partial charge in [0.2, 0.25) is 0 Å². The summed E-state index contributed by atoms with van der Waals surface area (Å²) in [7, 11) is 1.45. The van der Waals surface area contributed by atoms with Crippen LogP contribution in [0.4, 0.5) is 11.4 Å². The van der Waals surface area contributed by atoms with Gasteiger partial charge in [-0.15, -0.1) is 0 Å². The minimum absolute atomic E-state index is 0.279. The third-order valence-electron chi connectivity index (χ3n) is 5.45. The molecule has 2 aliphatic rings. The molecular weight excluding hydrogens is 354 g/mol. The molecule has 4 rings (SSSR count). The van der Waals surface area contributed by atoms with E-state index in [9.17, 15) is 14.4 Å². The number of amides is 3. The fraction of sp³-hybridized carbons (Fsp3) is 0.318. The summed E-state index contributed by atoms with van der Waals surface area (Å²) in [6.07, 6.45) is 4.77. The van der Waals surface area contributed by atoms with Crippen LogP contribution in [0.25, 0.3) is 0 Å². The Morgan fingerprint density at radius 3 is 2.32 bits per heavy atom. The zero-order chi connectivity index (χ0) is 19.7. The fourth-order valence-electron chi connectivity index (χ4n) is 3.86. The van der Waals surface area contributed by atoms with Crippen LogP contribution in [0.2, 0.25) is 0 Å². The molecule has 0 bridgehead atoms. The van der Waals surface area contributed by atoms with Crippen molar-refractivity contribution < 1.29 is 14.4 Å². The molecule has 2 aliphatic heterocycles. The largest absolute Gasteiger partial charge is 0.370 e. The van der Waals surface area contributed by atoms with Crippen LogP contribution in [0.3, 0.4) is 0 Å². The average molecular weight is 377 g/mol. The molecule has 6 heteroatoms. The molecule has 144 valence electrons. The Hall–Kier alpha value is -3.15. The Balaban J connectivity index is 1.58.